The number of hydrogen-bond donors (Lipinski definition) is 2. The van der Waals surface area contributed by atoms with E-state index in [1.807, 2.05) is 32.0 Å². The second-order valence-electron chi connectivity index (χ2n) is 5.01. The fraction of sp³-hybridized carbons (Fsp3) is 0.462. The lowest BCUT2D eigenvalue weighted by Gasteiger charge is -2.14. The van der Waals surface area contributed by atoms with E-state index < -0.39 is 0 Å². The van der Waals surface area contributed by atoms with Crippen LogP contribution in [0.5, 0.6) is 0 Å². The Bertz CT molecular complexity index is 651. The first kappa shape index (κ1) is 15.7. The van der Waals surface area contributed by atoms with E-state index in [9.17, 15) is 4.79 Å². The SMILES string of the molecule is Cc1nc(NCCNC(=O)c2cn(C)nn2)cc(N(C)C)n1. The second kappa shape index (κ2) is 6.83. The molecule has 0 atom stereocenters. The van der Waals surface area contributed by atoms with Gasteiger partial charge in [0, 0.05) is 40.3 Å². The summed E-state index contributed by atoms with van der Waals surface area (Å²) in [7, 11) is 5.56. The first-order valence-electron chi connectivity index (χ1n) is 6.87. The molecular formula is C13H20N8O. The first-order valence-corrected chi connectivity index (χ1v) is 6.87. The Morgan fingerprint density at radius 3 is 2.73 bits per heavy atom. The first-order chi connectivity index (χ1) is 10.5. The van der Waals surface area contributed by atoms with E-state index in [2.05, 4.69) is 30.9 Å². The maximum atomic E-state index is 11.8. The molecule has 0 spiro atoms. The number of amides is 1. The van der Waals surface area contributed by atoms with Crippen molar-refractivity contribution in [2.45, 2.75) is 6.92 Å². The van der Waals surface area contributed by atoms with Crippen molar-refractivity contribution in [3.05, 3.63) is 23.8 Å². The molecule has 118 valence electrons. The summed E-state index contributed by atoms with van der Waals surface area (Å²) in [4.78, 5) is 22.3. The lowest BCUT2D eigenvalue weighted by molar-refractivity contribution is 0.0950. The van der Waals surface area contributed by atoms with Crippen LogP contribution in [0.15, 0.2) is 12.3 Å². The van der Waals surface area contributed by atoms with E-state index in [0.717, 1.165) is 11.6 Å². The Labute approximate surface area is 128 Å². The largest absolute Gasteiger partial charge is 0.368 e. The minimum Gasteiger partial charge on any atom is -0.368 e. The Morgan fingerprint density at radius 1 is 1.32 bits per heavy atom. The molecule has 0 aliphatic heterocycles. The second-order valence-corrected chi connectivity index (χ2v) is 5.01. The average molecular weight is 304 g/mol. The number of hydrogen-bond acceptors (Lipinski definition) is 7. The predicted molar refractivity (Wildman–Crippen MR) is 82.9 cm³/mol. The molecule has 2 rings (SSSR count). The zero-order valence-corrected chi connectivity index (χ0v) is 13.2. The molecule has 22 heavy (non-hydrogen) atoms. The van der Waals surface area contributed by atoms with Gasteiger partial charge in [0.25, 0.3) is 5.91 Å². The summed E-state index contributed by atoms with van der Waals surface area (Å²) in [6.07, 6.45) is 1.57. The van der Waals surface area contributed by atoms with E-state index in [0.29, 0.717) is 24.6 Å². The third-order valence-electron chi connectivity index (χ3n) is 2.83. The number of rotatable bonds is 6. The molecule has 0 fully saturated rings. The standard InChI is InChI=1S/C13H20N8O/c1-9-16-11(7-12(17-9)20(2)3)14-5-6-15-13(22)10-8-21(4)19-18-10/h7-8H,5-6H2,1-4H3,(H,15,22)(H,14,16,17). The van der Waals surface area contributed by atoms with Crippen molar-refractivity contribution in [2.75, 3.05) is 37.4 Å². The molecule has 0 radical (unpaired) electrons. The quantitative estimate of drug-likeness (QED) is 0.714. The van der Waals surface area contributed by atoms with Crippen LogP contribution in [0.3, 0.4) is 0 Å². The molecule has 2 aromatic rings. The zero-order valence-electron chi connectivity index (χ0n) is 13.2. The molecule has 9 heteroatoms. The maximum absolute atomic E-state index is 11.8. The van der Waals surface area contributed by atoms with Gasteiger partial charge >= 0.3 is 0 Å². The van der Waals surface area contributed by atoms with Crippen molar-refractivity contribution in [3.8, 4) is 0 Å². The molecule has 2 aromatic heterocycles. The van der Waals surface area contributed by atoms with Crippen molar-refractivity contribution in [1.29, 1.82) is 0 Å². The van der Waals surface area contributed by atoms with Crippen LogP contribution in [-0.4, -0.2) is 58.1 Å². The summed E-state index contributed by atoms with van der Waals surface area (Å²) in [6, 6.07) is 1.86. The molecule has 0 bridgehead atoms. The summed E-state index contributed by atoms with van der Waals surface area (Å²) < 4.78 is 1.49. The van der Waals surface area contributed by atoms with Gasteiger partial charge in [0.05, 0.1) is 6.20 Å². The molecule has 0 aliphatic carbocycles. The highest BCUT2D eigenvalue weighted by molar-refractivity contribution is 5.91. The third-order valence-corrected chi connectivity index (χ3v) is 2.83. The van der Waals surface area contributed by atoms with E-state index >= 15 is 0 Å². The molecule has 2 heterocycles. The van der Waals surface area contributed by atoms with Crippen LogP contribution in [0.4, 0.5) is 11.6 Å². The molecule has 9 nitrogen and oxygen atoms in total. The van der Waals surface area contributed by atoms with Crippen LogP contribution >= 0.6 is 0 Å². The van der Waals surface area contributed by atoms with E-state index in [1.54, 1.807) is 13.2 Å². The lowest BCUT2D eigenvalue weighted by Crippen LogP contribution is -2.29. The van der Waals surface area contributed by atoms with Crippen molar-refractivity contribution in [2.24, 2.45) is 7.05 Å². The normalized spacial score (nSPS) is 10.4. The van der Waals surface area contributed by atoms with Crippen LogP contribution < -0.4 is 15.5 Å². The number of anilines is 2. The Kier molecular flexibility index (Phi) is 4.87. The van der Waals surface area contributed by atoms with Crippen molar-refractivity contribution >= 4 is 17.5 Å². The van der Waals surface area contributed by atoms with Crippen molar-refractivity contribution in [3.63, 3.8) is 0 Å². The van der Waals surface area contributed by atoms with Crippen LogP contribution in [-0.2, 0) is 7.05 Å². The van der Waals surface area contributed by atoms with Crippen LogP contribution in [0, 0.1) is 6.92 Å². The van der Waals surface area contributed by atoms with Crippen LogP contribution in [0.25, 0.3) is 0 Å². The Balaban J connectivity index is 1.82. The minimum atomic E-state index is -0.247. The van der Waals surface area contributed by atoms with Gasteiger partial charge in [0.1, 0.15) is 17.5 Å². The average Bonchev–Trinajstić information content (AvgIpc) is 2.89. The van der Waals surface area contributed by atoms with Crippen LogP contribution in [0.2, 0.25) is 0 Å². The zero-order chi connectivity index (χ0) is 16.1. The molecule has 0 aromatic carbocycles. The highest BCUT2D eigenvalue weighted by Crippen LogP contribution is 2.12. The van der Waals surface area contributed by atoms with Gasteiger partial charge in [-0.15, -0.1) is 5.10 Å². The highest BCUT2D eigenvalue weighted by atomic mass is 16.2. The summed E-state index contributed by atoms with van der Waals surface area (Å²) in [6.45, 7) is 2.85. The number of nitrogens with one attached hydrogen (secondary N) is 2. The highest BCUT2D eigenvalue weighted by Gasteiger charge is 2.08. The Hall–Kier alpha value is -2.71. The molecule has 1 amide bonds. The van der Waals surface area contributed by atoms with E-state index in [-0.39, 0.29) is 5.91 Å². The van der Waals surface area contributed by atoms with E-state index in [4.69, 9.17) is 0 Å². The fourth-order valence-corrected chi connectivity index (χ4v) is 1.78. The molecule has 0 saturated carbocycles. The van der Waals surface area contributed by atoms with Crippen LogP contribution in [0.1, 0.15) is 16.3 Å². The van der Waals surface area contributed by atoms with Gasteiger partial charge in [0.2, 0.25) is 0 Å². The molecule has 2 N–H and O–H groups in total. The topological polar surface area (TPSA) is 101 Å². The summed E-state index contributed by atoms with van der Waals surface area (Å²) >= 11 is 0. The van der Waals surface area contributed by atoms with Gasteiger partial charge in [-0.1, -0.05) is 5.21 Å². The number of nitrogens with zero attached hydrogens (tertiary/aromatic N) is 6. The molecule has 0 saturated heterocycles. The van der Waals surface area contributed by atoms with Gasteiger partial charge in [-0.25, -0.2) is 9.97 Å². The fourth-order valence-electron chi connectivity index (χ4n) is 1.78. The van der Waals surface area contributed by atoms with Gasteiger partial charge in [-0.2, -0.15) is 0 Å². The van der Waals surface area contributed by atoms with Crippen molar-refractivity contribution < 1.29 is 4.79 Å². The van der Waals surface area contributed by atoms with Gasteiger partial charge in [0.15, 0.2) is 5.69 Å². The Morgan fingerprint density at radius 2 is 2.09 bits per heavy atom. The number of aryl methyl sites for hydroxylation is 2. The predicted octanol–water partition coefficient (Wildman–Crippen LogP) is -0.179. The van der Waals surface area contributed by atoms with E-state index in [1.165, 1.54) is 4.68 Å². The molecule has 0 aliphatic rings. The smallest absolute Gasteiger partial charge is 0.273 e. The lowest BCUT2D eigenvalue weighted by atomic mass is 10.4. The third kappa shape index (κ3) is 4.14. The summed E-state index contributed by atoms with van der Waals surface area (Å²) in [5, 5.41) is 13.4. The summed E-state index contributed by atoms with van der Waals surface area (Å²) in [5.74, 6) is 2.00. The minimum absolute atomic E-state index is 0.247. The van der Waals surface area contributed by atoms with Gasteiger partial charge in [-0.05, 0) is 6.92 Å². The number of carbonyl (C=O) groups excluding carboxylic acids is 1. The van der Waals surface area contributed by atoms with Crippen molar-refractivity contribution in [1.82, 2.24) is 30.3 Å². The van der Waals surface area contributed by atoms with Gasteiger partial charge < -0.3 is 15.5 Å². The monoisotopic (exact) mass is 304 g/mol. The maximum Gasteiger partial charge on any atom is 0.273 e. The molecule has 0 unspecified atom stereocenters. The number of aromatic nitrogens is 5. The number of carbonyl (C=O) groups is 1. The van der Waals surface area contributed by atoms with Gasteiger partial charge in [-0.3, -0.25) is 9.48 Å². The molecular weight excluding hydrogens is 284 g/mol. The summed E-state index contributed by atoms with van der Waals surface area (Å²) in [5.41, 5.74) is 0.301.